The van der Waals surface area contributed by atoms with Gasteiger partial charge in [0.15, 0.2) is 17.1 Å². The lowest BCUT2D eigenvalue weighted by Crippen LogP contribution is -2.29. The van der Waals surface area contributed by atoms with Gasteiger partial charge in [-0.1, -0.05) is 115 Å². The molecule has 0 saturated heterocycles. The largest absolute Gasteiger partial charge is 0.308 e. The zero-order valence-electron chi connectivity index (χ0n) is 29.1. The van der Waals surface area contributed by atoms with E-state index >= 15 is 0 Å². The average molecular weight is 675 g/mol. The van der Waals surface area contributed by atoms with E-state index in [0.717, 1.165) is 39.0 Å². The quantitative estimate of drug-likeness (QED) is 0.171. The van der Waals surface area contributed by atoms with Gasteiger partial charge in [-0.25, -0.2) is 9.47 Å². The van der Waals surface area contributed by atoms with E-state index in [0.29, 0.717) is 4.48 Å². The van der Waals surface area contributed by atoms with E-state index in [1.165, 1.54) is 71.9 Å². The van der Waals surface area contributed by atoms with Crippen molar-refractivity contribution in [2.45, 2.75) is 0 Å². The van der Waals surface area contributed by atoms with Crippen LogP contribution >= 0.6 is 0 Å². The summed E-state index contributed by atoms with van der Waals surface area (Å²) >= 11 is 0. The fraction of sp³-hybridized carbons (Fsp3) is 0.0200. The van der Waals surface area contributed by atoms with Gasteiger partial charge in [0.05, 0.1) is 46.0 Å². The molecule has 1 atom stereocenters. The molecule has 2 aromatic heterocycles. The minimum absolute atomic E-state index is 0.666. The molecule has 246 valence electrons. The fourth-order valence-electron chi connectivity index (χ4n) is 9.74. The summed E-state index contributed by atoms with van der Waals surface area (Å²) in [5.41, 5.74) is 18.3. The molecule has 8 aromatic carbocycles. The summed E-state index contributed by atoms with van der Waals surface area (Å²) in [6, 6.07) is 64.3. The molecule has 4 heterocycles. The van der Waals surface area contributed by atoms with Gasteiger partial charge in [-0.15, -0.1) is 0 Å². The number of para-hydroxylation sites is 3. The van der Waals surface area contributed by atoms with Crippen molar-refractivity contribution < 1.29 is 0 Å². The summed E-state index contributed by atoms with van der Waals surface area (Å²) in [5, 5.41) is 6.28. The number of quaternary nitrogens is 1. The molecule has 3 heteroatoms. The highest BCUT2D eigenvalue weighted by molar-refractivity contribution is 6.32. The Morgan fingerprint density at radius 2 is 1.15 bits per heavy atom. The van der Waals surface area contributed by atoms with E-state index in [4.69, 9.17) is 4.98 Å². The van der Waals surface area contributed by atoms with Crippen LogP contribution in [0, 0.1) is 0 Å². The molecular weight excluding hydrogens is 643 g/mol. The first-order valence-electron chi connectivity index (χ1n) is 18.3. The van der Waals surface area contributed by atoms with Gasteiger partial charge >= 0.3 is 0 Å². The Morgan fingerprint density at radius 3 is 1.98 bits per heavy atom. The number of hydrogen-bond donors (Lipinski definition) is 0. The molecule has 0 spiro atoms. The van der Waals surface area contributed by atoms with Crippen molar-refractivity contribution in [3.8, 4) is 50.3 Å². The number of rotatable bonds is 3. The van der Waals surface area contributed by atoms with Crippen LogP contribution in [0.15, 0.2) is 176 Å². The second-order valence-electron chi connectivity index (χ2n) is 14.6. The summed E-state index contributed by atoms with van der Waals surface area (Å²) in [4.78, 5) is 5.34. The van der Waals surface area contributed by atoms with Crippen LogP contribution in [0.3, 0.4) is 0 Å². The number of pyridine rings is 1. The molecule has 1 unspecified atom stereocenters. The van der Waals surface area contributed by atoms with Crippen molar-refractivity contribution in [1.82, 2.24) is 14.0 Å². The fourth-order valence-corrected chi connectivity index (χ4v) is 9.74. The van der Waals surface area contributed by atoms with Crippen LogP contribution in [-0.4, -0.2) is 16.6 Å². The number of aromatic nitrogens is 2. The third-order valence-electron chi connectivity index (χ3n) is 11.9. The maximum Gasteiger partial charge on any atom is 0.161 e. The SMILES string of the molecule is C[N+]12c3ccccc3-c3cccc(c31)-c1c2c2ccccc2c2c3ccccc3n(-c3ccc4nc(-c5ccccc5)c(-c5ccccc5)cc4c3)c12. The van der Waals surface area contributed by atoms with Crippen molar-refractivity contribution >= 4 is 60.5 Å². The summed E-state index contributed by atoms with van der Waals surface area (Å²) in [6.45, 7) is 0. The van der Waals surface area contributed by atoms with Crippen molar-refractivity contribution in [1.29, 1.82) is 0 Å². The third-order valence-corrected chi connectivity index (χ3v) is 11.9. The normalized spacial score (nSPS) is 15.3. The van der Waals surface area contributed by atoms with Crippen LogP contribution in [-0.2, 0) is 0 Å². The van der Waals surface area contributed by atoms with Crippen LogP contribution in [0.4, 0.5) is 17.1 Å². The lowest BCUT2D eigenvalue weighted by molar-refractivity contribution is 0.663. The van der Waals surface area contributed by atoms with Crippen LogP contribution in [0.5, 0.6) is 0 Å². The molecule has 10 aromatic rings. The second-order valence-corrected chi connectivity index (χ2v) is 14.6. The molecule has 0 radical (unpaired) electrons. The number of fused-ring (bicyclic) bond motifs is 14. The minimum atomic E-state index is 0.666. The molecule has 12 rings (SSSR count). The Morgan fingerprint density at radius 1 is 0.491 bits per heavy atom. The van der Waals surface area contributed by atoms with E-state index in [1.54, 1.807) is 0 Å². The Balaban J connectivity index is 1.22. The Kier molecular flexibility index (Phi) is 5.65. The van der Waals surface area contributed by atoms with E-state index in [9.17, 15) is 0 Å². The maximum absolute atomic E-state index is 5.34. The highest BCUT2D eigenvalue weighted by Crippen LogP contribution is 2.68. The smallest absolute Gasteiger partial charge is 0.161 e. The highest BCUT2D eigenvalue weighted by Gasteiger charge is 2.52. The van der Waals surface area contributed by atoms with Gasteiger partial charge in [0, 0.05) is 50.0 Å². The molecule has 2 aliphatic rings. The van der Waals surface area contributed by atoms with E-state index in [2.05, 4.69) is 188 Å². The Labute approximate surface area is 306 Å². The van der Waals surface area contributed by atoms with Crippen LogP contribution < -0.4 is 4.48 Å². The molecular formula is C50H32N3+. The van der Waals surface area contributed by atoms with Crippen molar-refractivity contribution in [3.05, 3.63) is 176 Å². The third kappa shape index (κ3) is 3.69. The van der Waals surface area contributed by atoms with Crippen LogP contribution in [0.1, 0.15) is 0 Å². The molecule has 0 amide bonds. The first-order chi connectivity index (χ1) is 26.2. The van der Waals surface area contributed by atoms with Gasteiger partial charge in [-0.3, -0.25) is 0 Å². The van der Waals surface area contributed by atoms with Gasteiger partial charge in [0.1, 0.15) is 0 Å². The predicted molar refractivity (Wildman–Crippen MR) is 222 cm³/mol. The molecule has 0 saturated carbocycles. The molecule has 0 N–H and O–H groups in total. The highest BCUT2D eigenvalue weighted by atomic mass is 15.4. The van der Waals surface area contributed by atoms with E-state index in [-0.39, 0.29) is 0 Å². The zero-order valence-corrected chi connectivity index (χ0v) is 29.1. The van der Waals surface area contributed by atoms with Gasteiger partial charge in [0.25, 0.3) is 0 Å². The Bertz CT molecular complexity index is 3180. The average Bonchev–Trinajstić information content (AvgIpc) is 3.81. The van der Waals surface area contributed by atoms with Crippen LogP contribution in [0.2, 0.25) is 0 Å². The first-order valence-corrected chi connectivity index (χ1v) is 18.3. The van der Waals surface area contributed by atoms with Gasteiger partial charge < -0.3 is 4.57 Å². The number of hydrogen-bond acceptors (Lipinski definition) is 1. The molecule has 2 aliphatic heterocycles. The van der Waals surface area contributed by atoms with Crippen molar-refractivity contribution in [2.75, 3.05) is 7.05 Å². The lowest BCUT2D eigenvalue weighted by Gasteiger charge is -2.28. The Hall–Kier alpha value is -6.81. The van der Waals surface area contributed by atoms with Crippen molar-refractivity contribution in [2.24, 2.45) is 0 Å². The zero-order chi connectivity index (χ0) is 34.8. The van der Waals surface area contributed by atoms with Gasteiger partial charge in [0.2, 0.25) is 0 Å². The first kappa shape index (κ1) is 28.8. The maximum atomic E-state index is 5.34. The summed E-state index contributed by atoms with van der Waals surface area (Å²) < 4.78 is 3.20. The second kappa shape index (κ2) is 10.4. The molecule has 0 bridgehead atoms. The standard InChI is InChI=1S/C50H32N3/c1-53-44-26-13-11-19-35(44)37-23-14-24-40(49(37)53)46-48-45(36-20-8-9-21-38(36)50(46)53)39-22-10-12-25-43(39)52(48)34-27-28-42-33(29-34)30-41(31-15-4-2-5-16-31)47(51-42)32-17-6-3-7-18-32/h2-30H,1H3/q+1. The molecule has 0 aliphatic carbocycles. The monoisotopic (exact) mass is 674 g/mol. The summed E-state index contributed by atoms with van der Waals surface area (Å²) in [5.74, 6) is 0. The van der Waals surface area contributed by atoms with Gasteiger partial charge in [-0.05, 0) is 65.5 Å². The molecule has 53 heavy (non-hydrogen) atoms. The number of benzene rings is 8. The topological polar surface area (TPSA) is 17.8 Å². The predicted octanol–water partition coefficient (Wildman–Crippen LogP) is 13.4. The molecule has 0 fully saturated rings. The van der Waals surface area contributed by atoms with Crippen LogP contribution in [0.25, 0.3) is 93.8 Å². The summed E-state index contributed by atoms with van der Waals surface area (Å²) in [6.07, 6.45) is 0. The number of nitrogens with zero attached hydrogens (tertiary/aromatic N) is 3. The summed E-state index contributed by atoms with van der Waals surface area (Å²) in [7, 11) is 2.41. The molecule has 3 nitrogen and oxygen atoms in total. The van der Waals surface area contributed by atoms with E-state index < -0.39 is 0 Å². The van der Waals surface area contributed by atoms with Gasteiger partial charge in [-0.2, -0.15) is 0 Å². The van der Waals surface area contributed by atoms with E-state index in [1.807, 2.05) is 0 Å². The van der Waals surface area contributed by atoms with Crippen molar-refractivity contribution in [3.63, 3.8) is 0 Å². The lowest BCUT2D eigenvalue weighted by atomic mass is 9.93. The minimum Gasteiger partial charge on any atom is -0.308 e.